The lowest BCUT2D eigenvalue weighted by Crippen LogP contribution is -2.19. The van der Waals surface area contributed by atoms with Crippen LogP contribution in [0.4, 0.5) is 21.5 Å². The second-order valence-electron chi connectivity index (χ2n) is 7.70. The van der Waals surface area contributed by atoms with Crippen LogP contribution in [0.15, 0.2) is 42.5 Å². The molecule has 2 aromatic carbocycles. The molecule has 1 saturated carbocycles. The third-order valence-electron chi connectivity index (χ3n) is 5.51. The van der Waals surface area contributed by atoms with Crippen LogP contribution in [-0.2, 0) is 4.79 Å². The van der Waals surface area contributed by atoms with Crippen molar-refractivity contribution < 1.29 is 14.0 Å². The Bertz CT molecular complexity index is 891. The van der Waals surface area contributed by atoms with Gasteiger partial charge in [0.05, 0.1) is 5.69 Å². The highest BCUT2D eigenvalue weighted by Crippen LogP contribution is 2.38. The maximum atomic E-state index is 14.4. The zero-order valence-electron chi connectivity index (χ0n) is 15.9. The van der Waals surface area contributed by atoms with Crippen molar-refractivity contribution in [2.45, 2.75) is 26.2 Å². The Labute approximate surface area is 163 Å². The minimum absolute atomic E-state index is 0.0262. The molecule has 2 aromatic rings. The number of benzene rings is 2. The highest BCUT2D eigenvalue weighted by atomic mass is 19.1. The van der Waals surface area contributed by atoms with Crippen LogP contribution in [0, 0.1) is 17.7 Å². The maximum Gasteiger partial charge on any atom is 0.255 e. The van der Waals surface area contributed by atoms with Gasteiger partial charge in [-0.3, -0.25) is 9.59 Å². The number of rotatable bonds is 5. The molecule has 0 spiro atoms. The van der Waals surface area contributed by atoms with Gasteiger partial charge in [0, 0.05) is 35.9 Å². The molecular formula is C22H24FN3O2. The van der Waals surface area contributed by atoms with E-state index in [-0.39, 0.29) is 23.5 Å². The number of nitrogens with zero attached hydrogens (tertiary/aromatic N) is 1. The number of carbonyl (C=O) groups excluding carboxylic acids is 2. The molecule has 1 aliphatic carbocycles. The topological polar surface area (TPSA) is 61.4 Å². The van der Waals surface area contributed by atoms with E-state index in [1.54, 1.807) is 36.4 Å². The predicted octanol–water partition coefficient (Wildman–Crippen LogP) is 4.27. The molecule has 0 aromatic heterocycles. The number of carbonyl (C=O) groups is 2. The van der Waals surface area contributed by atoms with Crippen LogP contribution in [0.2, 0.25) is 0 Å². The van der Waals surface area contributed by atoms with Crippen molar-refractivity contribution >= 4 is 28.9 Å². The van der Waals surface area contributed by atoms with Crippen molar-refractivity contribution in [3.05, 3.63) is 53.8 Å². The van der Waals surface area contributed by atoms with Crippen molar-refractivity contribution in [3.63, 3.8) is 0 Å². The number of anilines is 3. The first-order valence-corrected chi connectivity index (χ1v) is 9.78. The van der Waals surface area contributed by atoms with Crippen LogP contribution in [0.25, 0.3) is 0 Å². The summed E-state index contributed by atoms with van der Waals surface area (Å²) in [5, 5.41) is 5.59. The molecule has 28 heavy (non-hydrogen) atoms. The van der Waals surface area contributed by atoms with Gasteiger partial charge in [-0.25, -0.2) is 4.39 Å². The van der Waals surface area contributed by atoms with Crippen molar-refractivity contribution in [2.24, 2.45) is 11.8 Å². The standard InChI is InChI=1S/C22H24FN3O2/c1-14-12-18(14)22(28)24-16-6-4-15(5-7-16)21(27)25-17-8-9-20(19(23)13-17)26-10-2-3-11-26/h4-9,13-14,18H,2-3,10-12H2,1H3,(H,24,28)(H,25,27). The number of nitrogens with one attached hydrogen (secondary N) is 2. The zero-order valence-corrected chi connectivity index (χ0v) is 15.9. The van der Waals surface area contributed by atoms with Gasteiger partial charge in [0.25, 0.3) is 5.91 Å². The third kappa shape index (κ3) is 4.01. The molecule has 1 aliphatic heterocycles. The Morgan fingerprint density at radius 3 is 2.25 bits per heavy atom. The Balaban J connectivity index is 1.38. The summed E-state index contributed by atoms with van der Waals surface area (Å²) in [6.45, 7) is 3.79. The molecule has 6 heteroatoms. The van der Waals surface area contributed by atoms with E-state index in [0.717, 1.165) is 32.4 Å². The molecule has 0 radical (unpaired) electrons. The Morgan fingerprint density at radius 1 is 1.00 bits per heavy atom. The van der Waals surface area contributed by atoms with Crippen LogP contribution < -0.4 is 15.5 Å². The fraction of sp³-hybridized carbons (Fsp3) is 0.364. The number of hydrogen-bond acceptors (Lipinski definition) is 3. The smallest absolute Gasteiger partial charge is 0.255 e. The van der Waals surface area contributed by atoms with Crippen LogP contribution in [-0.4, -0.2) is 24.9 Å². The highest BCUT2D eigenvalue weighted by molar-refractivity contribution is 6.04. The molecule has 2 unspecified atom stereocenters. The van der Waals surface area contributed by atoms with Gasteiger partial charge in [0.1, 0.15) is 5.82 Å². The van der Waals surface area contributed by atoms with Crippen LogP contribution in [0.3, 0.4) is 0 Å². The van der Waals surface area contributed by atoms with Gasteiger partial charge < -0.3 is 15.5 Å². The SMILES string of the molecule is CC1CC1C(=O)Nc1ccc(C(=O)Nc2ccc(N3CCCC3)c(F)c2)cc1. The third-order valence-corrected chi connectivity index (χ3v) is 5.51. The molecule has 1 heterocycles. The molecule has 2 amide bonds. The van der Waals surface area contributed by atoms with E-state index in [2.05, 4.69) is 17.6 Å². The second kappa shape index (κ2) is 7.62. The average Bonchev–Trinajstić information content (AvgIpc) is 3.17. The van der Waals surface area contributed by atoms with Gasteiger partial charge in [-0.1, -0.05) is 6.92 Å². The molecule has 146 valence electrons. The first kappa shape index (κ1) is 18.5. The lowest BCUT2D eigenvalue weighted by atomic mass is 10.1. The minimum Gasteiger partial charge on any atom is -0.369 e. The molecule has 2 fully saturated rings. The molecule has 1 saturated heterocycles. The highest BCUT2D eigenvalue weighted by Gasteiger charge is 2.39. The van der Waals surface area contributed by atoms with Gasteiger partial charge in [-0.05, 0) is 67.6 Å². The average molecular weight is 381 g/mol. The lowest BCUT2D eigenvalue weighted by molar-refractivity contribution is -0.117. The van der Waals surface area contributed by atoms with Crippen molar-refractivity contribution in [2.75, 3.05) is 28.6 Å². The summed E-state index contributed by atoms with van der Waals surface area (Å²) in [4.78, 5) is 26.4. The summed E-state index contributed by atoms with van der Waals surface area (Å²) in [7, 11) is 0. The second-order valence-corrected chi connectivity index (χ2v) is 7.70. The van der Waals surface area contributed by atoms with E-state index in [0.29, 0.717) is 28.5 Å². The summed E-state index contributed by atoms with van der Waals surface area (Å²) >= 11 is 0. The van der Waals surface area contributed by atoms with E-state index >= 15 is 0 Å². The summed E-state index contributed by atoms with van der Waals surface area (Å²) in [5.41, 5.74) is 2.12. The first-order chi connectivity index (χ1) is 13.5. The van der Waals surface area contributed by atoms with E-state index in [9.17, 15) is 14.0 Å². The monoisotopic (exact) mass is 381 g/mol. The van der Waals surface area contributed by atoms with Gasteiger partial charge in [-0.2, -0.15) is 0 Å². The van der Waals surface area contributed by atoms with E-state index < -0.39 is 0 Å². The fourth-order valence-corrected chi connectivity index (χ4v) is 3.63. The number of amides is 2. The molecule has 2 atom stereocenters. The lowest BCUT2D eigenvalue weighted by Gasteiger charge is -2.18. The van der Waals surface area contributed by atoms with Crippen molar-refractivity contribution in [1.29, 1.82) is 0 Å². The molecular weight excluding hydrogens is 357 g/mol. The Kier molecular flexibility index (Phi) is 5.03. The first-order valence-electron chi connectivity index (χ1n) is 9.78. The summed E-state index contributed by atoms with van der Waals surface area (Å²) < 4.78 is 14.4. The largest absolute Gasteiger partial charge is 0.369 e. The molecule has 4 rings (SSSR count). The van der Waals surface area contributed by atoms with Gasteiger partial charge in [0.2, 0.25) is 5.91 Å². The molecule has 0 bridgehead atoms. The van der Waals surface area contributed by atoms with Gasteiger partial charge in [0.15, 0.2) is 0 Å². The number of hydrogen-bond donors (Lipinski definition) is 2. The van der Waals surface area contributed by atoms with Crippen LogP contribution in [0.5, 0.6) is 0 Å². The zero-order chi connectivity index (χ0) is 19.7. The molecule has 2 N–H and O–H groups in total. The summed E-state index contributed by atoms with van der Waals surface area (Å²) in [6, 6.07) is 11.5. The minimum atomic E-state index is -0.327. The Hall–Kier alpha value is -2.89. The predicted molar refractivity (Wildman–Crippen MR) is 108 cm³/mol. The van der Waals surface area contributed by atoms with E-state index in [1.165, 1.54) is 6.07 Å². The maximum absolute atomic E-state index is 14.4. The van der Waals surface area contributed by atoms with Crippen LogP contribution >= 0.6 is 0 Å². The summed E-state index contributed by atoms with van der Waals surface area (Å²) in [5.74, 6) is -0.0731. The van der Waals surface area contributed by atoms with Gasteiger partial charge in [-0.15, -0.1) is 0 Å². The molecule has 5 nitrogen and oxygen atoms in total. The molecule has 2 aliphatic rings. The normalized spacial score (nSPS) is 20.7. The van der Waals surface area contributed by atoms with Gasteiger partial charge >= 0.3 is 0 Å². The van der Waals surface area contributed by atoms with Crippen LogP contribution in [0.1, 0.15) is 36.5 Å². The van der Waals surface area contributed by atoms with E-state index in [1.807, 2.05) is 4.90 Å². The Morgan fingerprint density at radius 2 is 1.64 bits per heavy atom. The van der Waals surface area contributed by atoms with E-state index in [4.69, 9.17) is 0 Å². The summed E-state index contributed by atoms with van der Waals surface area (Å²) in [6.07, 6.45) is 3.08. The quantitative estimate of drug-likeness (QED) is 0.813. The van der Waals surface area contributed by atoms with Crippen molar-refractivity contribution in [3.8, 4) is 0 Å². The van der Waals surface area contributed by atoms with Crippen molar-refractivity contribution in [1.82, 2.24) is 0 Å². The fourth-order valence-electron chi connectivity index (χ4n) is 3.63. The number of halogens is 1.